The van der Waals surface area contributed by atoms with Gasteiger partial charge < -0.3 is 9.84 Å². The molecule has 0 saturated carbocycles. The minimum atomic E-state index is -1.12. The molecule has 0 amide bonds. The molecule has 12 nitrogen and oxygen atoms in total. The van der Waals surface area contributed by atoms with Crippen LogP contribution in [0.15, 0.2) is 82.1 Å². The molecule has 0 spiro atoms. The van der Waals surface area contributed by atoms with E-state index in [2.05, 4.69) is 4.99 Å². The molecule has 0 fully saturated rings. The van der Waals surface area contributed by atoms with Gasteiger partial charge in [0.25, 0.3) is 11.3 Å². The molecule has 0 aliphatic carbocycles. The van der Waals surface area contributed by atoms with Crippen LogP contribution in [0.2, 0.25) is 0 Å². The smallest absolute Gasteiger partial charge is 0.338 e. The number of rotatable bonds is 7. The van der Waals surface area contributed by atoms with Crippen LogP contribution in [0.5, 0.6) is 5.75 Å². The van der Waals surface area contributed by atoms with Crippen LogP contribution in [0.3, 0.4) is 0 Å². The molecule has 0 unspecified atom stereocenters. The third-order valence-corrected chi connectivity index (χ3v) is 7.33. The molecule has 5 rings (SSSR count). The first-order chi connectivity index (χ1) is 20.1. The zero-order valence-electron chi connectivity index (χ0n) is 21.6. The molecular weight excluding hydrogens is 571 g/mol. The molecule has 3 aromatic carbocycles. The molecule has 1 N–H and O–H groups in total. The van der Waals surface area contributed by atoms with Crippen LogP contribution in [0.1, 0.15) is 29.7 Å². The molecule has 1 aliphatic rings. The van der Waals surface area contributed by atoms with Crippen molar-refractivity contribution in [2.24, 2.45) is 4.99 Å². The Morgan fingerprint density at radius 1 is 1.10 bits per heavy atom. The van der Waals surface area contributed by atoms with E-state index in [0.717, 1.165) is 23.5 Å². The number of benzene rings is 3. The molecule has 4 aromatic rings. The SMILES string of the molecule is CCOC(=O)C1=C(c2ccccc2)N=c2s/c(=C\c3cc([N+](=O)[O-])c(O)c([N+](=O)[O-])c3)c(=O)n2[C@@H]1c1ccc(F)cc1. The number of nitrogens with zero attached hydrogens (tertiary/aromatic N) is 4. The topological polar surface area (TPSA) is 167 Å². The minimum Gasteiger partial charge on any atom is -0.497 e. The Kier molecular flexibility index (Phi) is 7.46. The Bertz CT molecular complexity index is 1930. The van der Waals surface area contributed by atoms with Crippen molar-refractivity contribution in [1.82, 2.24) is 4.57 Å². The number of ether oxygens (including phenoxy) is 1. The van der Waals surface area contributed by atoms with E-state index in [1.165, 1.54) is 34.9 Å². The number of carbonyl (C=O) groups is 1. The summed E-state index contributed by atoms with van der Waals surface area (Å²) in [6.45, 7) is 1.65. The highest BCUT2D eigenvalue weighted by Crippen LogP contribution is 2.37. The summed E-state index contributed by atoms with van der Waals surface area (Å²) >= 11 is 0.882. The Labute approximate surface area is 238 Å². The third-order valence-electron chi connectivity index (χ3n) is 6.34. The molecule has 14 heteroatoms. The van der Waals surface area contributed by atoms with Crippen molar-refractivity contribution in [3.63, 3.8) is 0 Å². The summed E-state index contributed by atoms with van der Waals surface area (Å²) in [7, 11) is 0. The van der Waals surface area contributed by atoms with Gasteiger partial charge in [0, 0.05) is 17.7 Å². The lowest BCUT2D eigenvalue weighted by Gasteiger charge is -2.25. The van der Waals surface area contributed by atoms with Gasteiger partial charge in [-0.2, -0.15) is 0 Å². The van der Waals surface area contributed by atoms with Crippen LogP contribution in [0.25, 0.3) is 11.8 Å². The fourth-order valence-corrected chi connectivity index (χ4v) is 5.54. The maximum absolute atomic E-state index is 13.9. The Hall–Kier alpha value is -5.50. The van der Waals surface area contributed by atoms with E-state index < -0.39 is 50.4 Å². The summed E-state index contributed by atoms with van der Waals surface area (Å²) in [5.74, 6) is -2.40. The van der Waals surface area contributed by atoms with Crippen LogP contribution in [0, 0.1) is 26.0 Å². The molecule has 1 aliphatic heterocycles. The number of halogens is 1. The first-order valence-corrected chi connectivity index (χ1v) is 13.1. The number of carbonyl (C=O) groups excluding carboxylic acids is 1. The van der Waals surface area contributed by atoms with Gasteiger partial charge in [0.15, 0.2) is 4.80 Å². The summed E-state index contributed by atoms with van der Waals surface area (Å²) in [5.41, 5.74) is -1.40. The third kappa shape index (κ3) is 5.06. The number of hydrogen-bond acceptors (Lipinski definition) is 10. The van der Waals surface area contributed by atoms with Crippen molar-refractivity contribution in [1.29, 1.82) is 0 Å². The molecule has 42 heavy (non-hydrogen) atoms. The van der Waals surface area contributed by atoms with Gasteiger partial charge in [-0.1, -0.05) is 53.8 Å². The Morgan fingerprint density at radius 3 is 2.29 bits per heavy atom. The largest absolute Gasteiger partial charge is 0.497 e. The predicted octanol–water partition coefficient (Wildman–Crippen LogP) is 3.60. The van der Waals surface area contributed by atoms with Gasteiger partial charge in [0.2, 0.25) is 0 Å². The first-order valence-electron chi connectivity index (χ1n) is 12.3. The van der Waals surface area contributed by atoms with Gasteiger partial charge in [0.05, 0.1) is 38.3 Å². The number of thiazole rings is 1. The Balaban J connectivity index is 1.83. The van der Waals surface area contributed by atoms with Crippen LogP contribution in [-0.2, 0) is 9.53 Å². The van der Waals surface area contributed by atoms with Gasteiger partial charge in [0.1, 0.15) is 5.82 Å². The van der Waals surface area contributed by atoms with Gasteiger partial charge in [-0.3, -0.25) is 29.6 Å². The second-order valence-corrected chi connectivity index (χ2v) is 9.91. The molecule has 1 atom stereocenters. The van der Waals surface area contributed by atoms with E-state index in [0.29, 0.717) is 11.1 Å². The number of nitro groups is 2. The number of hydrogen-bond donors (Lipinski definition) is 1. The normalized spacial score (nSPS) is 14.7. The fraction of sp³-hybridized carbons (Fsp3) is 0.107. The average Bonchev–Trinajstić information content (AvgIpc) is 3.28. The van der Waals surface area contributed by atoms with Crippen molar-refractivity contribution in [3.8, 4) is 5.75 Å². The summed E-state index contributed by atoms with van der Waals surface area (Å²) in [6, 6.07) is 14.6. The zero-order valence-corrected chi connectivity index (χ0v) is 22.4. The van der Waals surface area contributed by atoms with Crippen molar-refractivity contribution < 1.29 is 28.9 Å². The van der Waals surface area contributed by atoms with Crippen molar-refractivity contribution in [2.75, 3.05) is 6.61 Å². The van der Waals surface area contributed by atoms with Gasteiger partial charge in [-0.05, 0) is 36.3 Å². The maximum Gasteiger partial charge on any atom is 0.338 e. The summed E-state index contributed by atoms with van der Waals surface area (Å²) in [5, 5.41) is 32.9. The van der Waals surface area contributed by atoms with E-state index in [1.54, 1.807) is 37.3 Å². The maximum atomic E-state index is 13.9. The summed E-state index contributed by atoms with van der Waals surface area (Å²) in [6.07, 6.45) is 1.20. The van der Waals surface area contributed by atoms with Gasteiger partial charge in [-0.15, -0.1) is 0 Å². The number of nitro benzene ring substituents is 2. The highest BCUT2D eigenvalue weighted by molar-refractivity contribution is 7.07. The van der Waals surface area contributed by atoms with Crippen LogP contribution in [-0.4, -0.2) is 32.1 Å². The van der Waals surface area contributed by atoms with E-state index in [1.807, 2.05) is 0 Å². The molecule has 0 radical (unpaired) electrons. The monoisotopic (exact) mass is 590 g/mol. The van der Waals surface area contributed by atoms with Crippen LogP contribution in [0.4, 0.5) is 15.8 Å². The second-order valence-electron chi connectivity index (χ2n) is 8.91. The summed E-state index contributed by atoms with van der Waals surface area (Å²) < 4.78 is 20.4. The van der Waals surface area contributed by atoms with E-state index >= 15 is 0 Å². The van der Waals surface area contributed by atoms with Gasteiger partial charge >= 0.3 is 17.3 Å². The minimum absolute atomic E-state index is 0.0207. The second kappa shape index (κ2) is 11.2. The number of fused-ring (bicyclic) bond motifs is 1. The van der Waals surface area contributed by atoms with Crippen molar-refractivity contribution in [3.05, 3.63) is 135 Å². The van der Waals surface area contributed by atoms with E-state index in [4.69, 9.17) is 4.74 Å². The number of aromatic nitrogens is 1. The lowest BCUT2D eigenvalue weighted by Crippen LogP contribution is -2.40. The molecular formula is C28H19FN4O8S. The van der Waals surface area contributed by atoms with Crippen molar-refractivity contribution in [2.45, 2.75) is 13.0 Å². The number of esters is 1. The summed E-state index contributed by atoms with van der Waals surface area (Å²) in [4.78, 5) is 52.9. The van der Waals surface area contributed by atoms with E-state index in [-0.39, 0.29) is 32.8 Å². The molecule has 2 heterocycles. The number of aromatic hydroxyl groups is 1. The number of phenolic OH excluding ortho intramolecular Hbond substituents is 1. The van der Waals surface area contributed by atoms with Crippen LogP contribution >= 0.6 is 11.3 Å². The lowest BCUT2D eigenvalue weighted by atomic mass is 9.93. The highest BCUT2D eigenvalue weighted by Gasteiger charge is 2.35. The molecule has 1 aromatic heterocycles. The molecule has 0 saturated heterocycles. The average molecular weight is 591 g/mol. The first kappa shape index (κ1) is 28.0. The standard InChI is InChI=1S/C28H19FN4O8S/c1-2-41-27(36)22-23(16-6-4-3-5-7-16)30-28-31(24(22)17-8-10-18(29)11-9-17)26(35)21(42-28)14-15-12-19(32(37)38)25(34)20(13-15)33(39)40/h3-14,24,34H,2H2,1H3/b21-14-/t24-/m1/s1. The quantitative estimate of drug-likeness (QED) is 0.194. The van der Waals surface area contributed by atoms with Gasteiger partial charge in [-0.25, -0.2) is 14.2 Å². The van der Waals surface area contributed by atoms with E-state index in [9.17, 15) is 39.3 Å². The Morgan fingerprint density at radius 2 is 1.71 bits per heavy atom. The number of phenols is 1. The fourth-order valence-electron chi connectivity index (χ4n) is 4.54. The highest BCUT2D eigenvalue weighted by atomic mass is 32.1. The zero-order chi connectivity index (χ0) is 30.1. The van der Waals surface area contributed by atoms with Crippen LogP contribution < -0.4 is 14.9 Å². The molecule has 0 bridgehead atoms. The predicted molar refractivity (Wildman–Crippen MR) is 149 cm³/mol. The lowest BCUT2D eigenvalue weighted by molar-refractivity contribution is -0.396. The molecule has 212 valence electrons. The van der Waals surface area contributed by atoms with Crippen molar-refractivity contribution >= 4 is 40.5 Å².